The third kappa shape index (κ3) is 2.37. The summed E-state index contributed by atoms with van der Waals surface area (Å²) in [6, 6.07) is 8.51. The maximum absolute atomic E-state index is 10.7. The molecule has 3 heteroatoms. The second-order valence-corrected chi connectivity index (χ2v) is 10.6. The molecule has 29 heavy (non-hydrogen) atoms. The fourth-order valence-electron chi connectivity index (χ4n) is 7.65. The molecule has 1 N–H and O–H groups in total. The average Bonchev–Trinajstić information content (AvgIpc) is 3.29. The van der Waals surface area contributed by atoms with Crippen LogP contribution in [0.15, 0.2) is 48.2 Å². The van der Waals surface area contributed by atoms with Crippen molar-refractivity contribution in [1.29, 1.82) is 0 Å². The predicted octanol–water partition coefficient (Wildman–Crippen LogP) is 5.81. The minimum atomic E-state index is -0.0856. The first-order valence-electron chi connectivity index (χ1n) is 11.5. The summed E-state index contributed by atoms with van der Waals surface area (Å²) in [5, 5.41) is 16.6. The molecular weight excluding hydrogens is 356 g/mol. The molecule has 152 valence electrons. The van der Waals surface area contributed by atoms with E-state index < -0.39 is 0 Å². The van der Waals surface area contributed by atoms with E-state index in [1.54, 1.807) is 5.57 Å². The maximum Gasteiger partial charge on any atom is 0.0737 e. The summed E-state index contributed by atoms with van der Waals surface area (Å²) in [6.45, 7) is 4.90. The third-order valence-corrected chi connectivity index (χ3v) is 9.45. The first-order valence-corrected chi connectivity index (χ1v) is 11.5. The molecule has 6 rings (SSSR count). The van der Waals surface area contributed by atoms with Crippen molar-refractivity contribution in [2.24, 2.45) is 28.6 Å². The van der Waals surface area contributed by atoms with Crippen LogP contribution in [-0.4, -0.2) is 21.0 Å². The van der Waals surface area contributed by atoms with E-state index in [-0.39, 0.29) is 16.9 Å². The minimum Gasteiger partial charge on any atom is -0.393 e. The van der Waals surface area contributed by atoms with Crippen molar-refractivity contribution >= 4 is 16.6 Å². The molecule has 0 radical (unpaired) electrons. The summed E-state index contributed by atoms with van der Waals surface area (Å²) in [4.78, 5) is 0. The van der Waals surface area contributed by atoms with Gasteiger partial charge < -0.3 is 5.11 Å². The molecule has 2 aromatic rings. The number of allylic oxidation sites excluding steroid dienone is 4. The molecule has 1 aromatic carbocycles. The fraction of sp³-hybridized carbons (Fsp3) is 0.577. The Bertz CT molecular complexity index is 1030. The fourth-order valence-corrected chi connectivity index (χ4v) is 7.65. The summed E-state index contributed by atoms with van der Waals surface area (Å²) in [6.07, 6.45) is 15.1. The molecule has 0 saturated heterocycles. The van der Waals surface area contributed by atoms with E-state index in [0.717, 1.165) is 24.7 Å². The predicted molar refractivity (Wildman–Crippen MR) is 117 cm³/mol. The molecule has 1 aromatic heterocycles. The lowest BCUT2D eigenvalue weighted by Gasteiger charge is -2.56. The van der Waals surface area contributed by atoms with Crippen molar-refractivity contribution in [2.75, 3.05) is 0 Å². The number of aromatic nitrogens is 2. The van der Waals surface area contributed by atoms with Crippen molar-refractivity contribution in [1.82, 2.24) is 9.78 Å². The van der Waals surface area contributed by atoms with Gasteiger partial charge in [-0.15, -0.1) is 0 Å². The van der Waals surface area contributed by atoms with Gasteiger partial charge in [-0.05, 0) is 91.2 Å². The molecule has 4 aliphatic carbocycles. The standard InChI is InChI=1S/C26H32N2O/c1-25-13-11-19(28-23-6-4-3-5-17(23)16-27-28)15-18(25)7-8-20-21-9-10-24(29)26(21,2)14-12-22(20)25/h3-7,15-16,20-22,24,29H,8-14H2,1-2H3/t20-,21-,22-,24-,25-,26-/m0/s1. The van der Waals surface area contributed by atoms with Crippen molar-refractivity contribution in [3.05, 3.63) is 48.2 Å². The highest BCUT2D eigenvalue weighted by atomic mass is 16.3. The van der Waals surface area contributed by atoms with Crippen LogP contribution < -0.4 is 0 Å². The Kier molecular flexibility index (Phi) is 3.76. The van der Waals surface area contributed by atoms with Gasteiger partial charge in [0, 0.05) is 11.1 Å². The Morgan fingerprint density at radius 1 is 1.07 bits per heavy atom. The first kappa shape index (κ1) is 17.9. The van der Waals surface area contributed by atoms with E-state index in [2.05, 4.69) is 54.9 Å². The zero-order valence-electron chi connectivity index (χ0n) is 17.6. The first-order chi connectivity index (χ1) is 14.0. The summed E-state index contributed by atoms with van der Waals surface area (Å²) in [5.41, 5.74) is 4.54. The molecule has 3 nitrogen and oxygen atoms in total. The number of rotatable bonds is 1. The second-order valence-electron chi connectivity index (χ2n) is 10.6. The Hall–Kier alpha value is -1.87. The lowest BCUT2D eigenvalue weighted by atomic mass is 9.48. The SMILES string of the molecule is C[C@]12CC[C@H]3[C@@H](CC=C4C=C(n5ncc6ccccc65)CC[C@@]43C)[C@@H]1CC[C@@H]2O. The third-order valence-electron chi connectivity index (χ3n) is 9.45. The molecule has 0 bridgehead atoms. The molecule has 0 aliphatic heterocycles. The van der Waals surface area contributed by atoms with Crippen molar-refractivity contribution in [3.8, 4) is 0 Å². The quantitative estimate of drug-likeness (QED) is 0.669. The topological polar surface area (TPSA) is 38.0 Å². The van der Waals surface area contributed by atoms with Crippen LogP contribution in [0.5, 0.6) is 0 Å². The highest BCUT2D eigenvalue weighted by molar-refractivity contribution is 5.82. The van der Waals surface area contributed by atoms with Gasteiger partial charge in [-0.3, -0.25) is 0 Å². The van der Waals surface area contributed by atoms with E-state index in [0.29, 0.717) is 5.92 Å². The van der Waals surface area contributed by atoms with E-state index in [4.69, 9.17) is 5.10 Å². The average molecular weight is 389 g/mol. The summed E-state index contributed by atoms with van der Waals surface area (Å²) in [5.74, 6) is 2.21. The highest BCUT2D eigenvalue weighted by Crippen LogP contribution is 2.64. The van der Waals surface area contributed by atoms with E-state index in [1.165, 1.54) is 48.7 Å². The van der Waals surface area contributed by atoms with Gasteiger partial charge in [0.1, 0.15) is 0 Å². The van der Waals surface area contributed by atoms with Crippen LogP contribution in [0.4, 0.5) is 0 Å². The number of fused-ring (bicyclic) bond motifs is 6. The zero-order valence-corrected chi connectivity index (χ0v) is 17.6. The molecule has 6 atom stereocenters. The molecule has 2 saturated carbocycles. The van der Waals surface area contributed by atoms with Gasteiger partial charge in [0.15, 0.2) is 0 Å². The summed E-state index contributed by atoms with van der Waals surface area (Å²) >= 11 is 0. The van der Waals surface area contributed by atoms with Crippen LogP contribution in [0.1, 0.15) is 58.8 Å². The lowest BCUT2D eigenvalue weighted by molar-refractivity contribution is -0.0623. The molecule has 0 unspecified atom stereocenters. The summed E-state index contributed by atoms with van der Waals surface area (Å²) in [7, 11) is 0. The van der Waals surface area contributed by atoms with Crippen molar-refractivity contribution < 1.29 is 5.11 Å². The van der Waals surface area contributed by atoms with E-state index in [1.807, 2.05) is 6.20 Å². The monoisotopic (exact) mass is 388 g/mol. The molecular formula is C26H32N2O. The van der Waals surface area contributed by atoms with Crippen LogP contribution >= 0.6 is 0 Å². The molecule has 0 amide bonds. The Morgan fingerprint density at radius 2 is 1.93 bits per heavy atom. The van der Waals surface area contributed by atoms with Gasteiger partial charge in [0.25, 0.3) is 0 Å². The van der Waals surface area contributed by atoms with Gasteiger partial charge in [-0.1, -0.05) is 38.1 Å². The van der Waals surface area contributed by atoms with Gasteiger partial charge in [-0.25, -0.2) is 4.68 Å². The normalized spacial score (nSPS) is 41.3. The van der Waals surface area contributed by atoms with Crippen LogP contribution in [0.25, 0.3) is 16.6 Å². The second kappa shape index (κ2) is 6.07. The number of para-hydroxylation sites is 1. The van der Waals surface area contributed by atoms with Crippen LogP contribution in [0.3, 0.4) is 0 Å². The largest absolute Gasteiger partial charge is 0.393 e. The molecule has 1 heterocycles. The minimum absolute atomic E-state index is 0.0856. The van der Waals surface area contributed by atoms with Crippen molar-refractivity contribution in [3.63, 3.8) is 0 Å². The Labute approximate surface area is 173 Å². The van der Waals surface area contributed by atoms with Gasteiger partial charge in [0.2, 0.25) is 0 Å². The Morgan fingerprint density at radius 3 is 2.83 bits per heavy atom. The highest BCUT2D eigenvalue weighted by Gasteiger charge is 2.58. The van der Waals surface area contributed by atoms with Gasteiger partial charge >= 0.3 is 0 Å². The number of nitrogens with zero attached hydrogens (tertiary/aromatic N) is 2. The molecule has 0 spiro atoms. The number of aliphatic hydroxyl groups is 1. The lowest BCUT2D eigenvalue weighted by Crippen LogP contribution is -2.50. The van der Waals surface area contributed by atoms with Gasteiger partial charge in [0.05, 0.1) is 17.8 Å². The molecule has 2 fully saturated rings. The number of aliphatic hydroxyl groups excluding tert-OH is 1. The van der Waals surface area contributed by atoms with Crippen molar-refractivity contribution in [2.45, 2.75) is 64.9 Å². The van der Waals surface area contributed by atoms with Gasteiger partial charge in [-0.2, -0.15) is 5.10 Å². The number of hydrogen-bond acceptors (Lipinski definition) is 2. The van der Waals surface area contributed by atoms with Crippen LogP contribution in [0.2, 0.25) is 0 Å². The zero-order chi connectivity index (χ0) is 19.8. The van der Waals surface area contributed by atoms with Crippen LogP contribution in [0, 0.1) is 28.6 Å². The van der Waals surface area contributed by atoms with E-state index >= 15 is 0 Å². The van der Waals surface area contributed by atoms with E-state index in [9.17, 15) is 5.11 Å². The smallest absolute Gasteiger partial charge is 0.0737 e. The van der Waals surface area contributed by atoms with Crippen LogP contribution in [-0.2, 0) is 0 Å². The Balaban J connectivity index is 1.37. The summed E-state index contributed by atoms with van der Waals surface area (Å²) < 4.78 is 2.16. The molecule has 4 aliphatic rings. The number of benzene rings is 1. The maximum atomic E-state index is 10.7. The number of hydrogen-bond donors (Lipinski definition) is 1.